The predicted molar refractivity (Wildman–Crippen MR) is 111 cm³/mol. The quantitative estimate of drug-likeness (QED) is 0.485. The molecule has 0 aliphatic heterocycles. The number of ether oxygens (including phenoxy) is 1. The summed E-state index contributed by atoms with van der Waals surface area (Å²) < 4.78 is 11.5. The molecule has 0 radical (unpaired) electrons. The lowest BCUT2D eigenvalue weighted by Gasteiger charge is -2.13. The number of halogens is 1. The van der Waals surface area contributed by atoms with E-state index < -0.39 is 0 Å². The molecule has 1 aliphatic rings. The van der Waals surface area contributed by atoms with Crippen LogP contribution in [-0.2, 0) is 11.2 Å². The third-order valence-electron chi connectivity index (χ3n) is 4.60. The summed E-state index contributed by atoms with van der Waals surface area (Å²) in [6.45, 7) is 2.93. The van der Waals surface area contributed by atoms with E-state index in [1.807, 2.05) is 6.92 Å². The zero-order valence-electron chi connectivity index (χ0n) is 16.4. The SMILES string of the molecule is COCCCNC(=O)c1oc2c(c1C)/C(=N/NC(=O)c1cncc(Br)c1)CCC2. The third kappa shape index (κ3) is 5.10. The molecule has 0 aromatic carbocycles. The highest BCUT2D eigenvalue weighted by atomic mass is 79.9. The highest BCUT2D eigenvalue weighted by Gasteiger charge is 2.28. The van der Waals surface area contributed by atoms with Gasteiger partial charge >= 0.3 is 0 Å². The number of nitrogens with one attached hydrogen (secondary N) is 2. The summed E-state index contributed by atoms with van der Waals surface area (Å²) in [5, 5.41) is 7.16. The Morgan fingerprint density at radius 3 is 2.90 bits per heavy atom. The van der Waals surface area contributed by atoms with E-state index in [0.29, 0.717) is 41.1 Å². The summed E-state index contributed by atoms with van der Waals surface area (Å²) in [6, 6.07) is 1.67. The molecule has 2 aromatic rings. The topological polar surface area (TPSA) is 106 Å². The first-order valence-electron chi connectivity index (χ1n) is 9.38. The Labute approximate surface area is 177 Å². The molecule has 8 nitrogen and oxygen atoms in total. The molecule has 154 valence electrons. The van der Waals surface area contributed by atoms with Crippen LogP contribution < -0.4 is 10.7 Å². The van der Waals surface area contributed by atoms with Gasteiger partial charge < -0.3 is 14.5 Å². The first kappa shape index (κ1) is 21.2. The molecule has 2 heterocycles. The van der Waals surface area contributed by atoms with Gasteiger partial charge in [-0.25, -0.2) is 5.43 Å². The Balaban J connectivity index is 1.76. The van der Waals surface area contributed by atoms with Crippen LogP contribution in [0.15, 0.2) is 32.5 Å². The maximum absolute atomic E-state index is 12.5. The molecule has 0 atom stereocenters. The van der Waals surface area contributed by atoms with Gasteiger partial charge in [0.2, 0.25) is 0 Å². The Hall–Kier alpha value is -2.52. The fourth-order valence-corrected chi connectivity index (χ4v) is 3.58. The van der Waals surface area contributed by atoms with Crippen LogP contribution >= 0.6 is 15.9 Å². The number of nitrogens with zero attached hydrogens (tertiary/aromatic N) is 2. The number of aryl methyl sites for hydroxylation is 1. The molecule has 2 amide bonds. The smallest absolute Gasteiger partial charge is 0.287 e. The minimum absolute atomic E-state index is 0.253. The lowest BCUT2D eigenvalue weighted by atomic mass is 9.93. The number of furan rings is 1. The normalized spacial score (nSPS) is 14.5. The summed E-state index contributed by atoms with van der Waals surface area (Å²) in [6.07, 6.45) is 6.07. The highest BCUT2D eigenvalue weighted by molar-refractivity contribution is 9.10. The van der Waals surface area contributed by atoms with Gasteiger partial charge in [0, 0.05) is 54.7 Å². The molecule has 2 aromatic heterocycles. The van der Waals surface area contributed by atoms with E-state index in [1.165, 1.54) is 6.20 Å². The van der Waals surface area contributed by atoms with Gasteiger partial charge in [-0.3, -0.25) is 14.6 Å². The van der Waals surface area contributed by atoms with E-state index in [1.54, 1.807) is 19.4 Å². The lowest BCUT2D eigenvalue weighted by Crippen LogP contribution is -2.25. The van der Waals surface area contributed by atoms with Crippen molar-refractivity contribution in [2.45, 2.75) is 32.6 Å². The van der Waals surface area contributed by atoms with Gasteiger partial charge in [0.15, 0.2) is 5.76 Å². The maximum atomic E-state index is 12.5. The number of hydrogen-bond acceptors (Lipinski definition) is 6. The van der Waals surface area contributed by atoms with Crippen molar-refractivity contribution in [3.63, 3.8) is 0 Å². The van der Waals surface area contributed by atoms with Crippen molar-refractivity contribution >= 4 is 33.5 Å². The maximum Gasteiger partial charge on any atom is 0.287 e. The predicted octanol–water partition coefficient (Wildman–Crippen LogP) is 2.98. The van der Waals surface area contributed by atoms with Crippen molar-refractivity contribution in [1.82, 2.24) is 15.7 Å². The molecular weight excluding hydrogens is 440 g/mol. The van der Waals surface area contributed by atoms with Crippen molar-refractivity contribution < 1.29 is 18.7 Å². The Morgan fingerprint density at radius 1 is 1.31 bits per heavy atom. The van der Waals surface area contributed by atoms with Crippen LogP contribution in [0.4, 0.5) is 0 Å². The van der Waals surface area contributed by atoms with Crippen LogP contribution in [0.3, 0.4) is 0 Å². The number of methoxy groups -OCH3 is 1. The van der Waals surface area contributed by atoms with Crippen LogP contribution in [0.25, 0.3) is 0 Å². The van der Waals surface area contributed by atoms with E-state index in [2.05, 4.69) is 36.8 Å². The largest absolute Gasteiger partial charge is 0.455 e. The van der Waals surface area contributed by atoms with Crippen LogP contribution in [0.2, 0.25) is 0 Å². The van der Waals surface area contributed by atoms with Gasteiger partial charge in [-0.15, -0.1) is 0 Å². The molecule has 2 N–H and O–H groups in total. The van der Waals surface area contributed by atoms with Gasteiger partial charge in [-0.1, -0.05) is 0 Å². The van der Waals surface area contributed by atoms with Crippen molar-refractivity contribution in [1.29, 1.82) is 0 Å². The Morgan fingerprint density at radius 2 is 2.14 bits per heavy atom. The Kier molecular flexibility index (Phi) is 7.16. The van der Waals surface area contributed by atoms with E-state index in [9.17, 15) is 9.59 Å². The number of rotatable bonds is 7. The second-order valence-electron chi connectivity index (χ2n) is 6.70. The third-order valence-corrected chi connectivity index (χ3v) is 5.04. The molecule has 0 spiro atoms. The molecule has 0 bridgehead atoms. The molecule has 0 unspecified atom stereocenters. The van der Waals surface area contributed by atoms with Crippen molar-refractivity contribution in [2.75, 3.05) is 20.3 Å². The zero-order valence-corrected chi connectivity index (χ0v) is 18.0. The summed E-state index contributed by atoms with van der Waals surface area (Å²) in [4.78, 5) is 28.8. The second-order valence-corrected chi connectivity index (χ2v) is 7.62. The van der Waals surface area contributed by atoms with Crippen LogP contribution in [0.1, 0.15) is 57.1 Å². The zero-order chi connectivity index (χ0) is 20.8. The fourth-order valence-electron chi connectivity index (χ4n) is 3.21. The van der Waals surface area contributed by atoms with E-state index >= 15 is 0 Å². The lowest BCUT2D eigenvalue weighted by molar-refractivity contribution is 0.0916. The summed E-state index contributed by atoms with van der Waals surface area (Å²) in [5.41, 5.74) is 5.24. The van der Waals surface area contributed by atoms with Gasteiger partial charge in [-0.2, -0.15) is 5.10 Å². The summed E-state index contributed by atoms with van der Waals surface area (Å²) in [7, 11) is 1.62. The van der Waals surface area contributed by atoms with Gasteiger partial charge in [-0.05, 0) is 48.2 Å². The fraction of sp³-hybridized carbons (Fsp3) is 0.400. The number of pyridine rings is 1. The van der Waals surface area contributed by atoms with Crippen molar-refractivity contribution in [3.8, 4) is 0 Å². The molecule has 1 aliphatic carbocycles. The summed E-state index contributed by atoms with van der Waals surface area (Å²) >= 11 is 3.30. The number of aromatic nitrogens is 1. The average Bonchev–Trinajstić information content (AvgIpc) is 3.06. The first-order chi connectivity index (χ1) is 14.0. The molecule has 3 rings (SSSR count). The van der Waals surface area contributed by atoms with Gasteiger partial charge in [0.1, 0.15) is 5.76 Å². The van der Waals surface area contributed by atoms with E-state index in [4.69, 9.17) is 9.15 Å². The number of carbonyl (C=O) groups excluding carboxylic acids is 2. The number of hydrazone groups is 1. The summed E-state index contributed by atoms with van der Waals surface area (Å²) in [5.74, 6) is 0.421. The number of hydrogen-bond donors (Lipinski definition) is 2. The number of carbonyl (C=O) groups is 2. The van der Waals surface area contributed by atoms with E-state index in [-0.39, 0.29) is 11.8 Å². The van der Waals surface area contributed by atoms with Crippen LogP contribution in [-0.4, -0.2) is 42.8 Å². The molecule has 9 heteroatoms. The van der Waals surface area contributed by atoms with Crippen LogP contribution in [0, 0.1) is 6.92 Å². The molecular formula is C20H23BrN4O4. The number of fused-ring (bicyclic) bond motifs is 1. The highest BCUT2D eigenvalue weighted by Crippen LogP contribution is 2.29. The molecule has 29 heavy (non-hydrogen) atoms. The molecule has 0 saturated carbocycles. The molecule has 0 saturated heterocycles. The first-order valence-corrected chi connectivity index (χ1v) is 10.2. The minimum Gasteiger partial charge on any atom is -0.455 e. The minimum atomic E-state index is -0.351. The Bertz CT molecular complexity index is 939. The second kappa shape index (κ2) is 9.80. The molecule has 0 fully saturated rings. The van der Waals surface area contributed by atoms with Crippen molar-refractivity contribution in [2.24, 2.45) is 5.10 Å². The van der Waals surface area contributed by atoms with Gasteiger partial charge in [0.25, 0.3) is 11.8 Å². The van der Waals surface area contributed by atoms with E-state index in [0.717, 1.165) is 36.1 Å². The average molecular weight is 463 g/mol. The van der Waals surface area contributed by atoms with Gasteiger partial charge in [0.05, 0.1) is 11.3 Å². The monoisotopic (exact) mass is 462 g/mol. The van der Waals surface area contributed by atoms with Crippen LogP contribution in [0.5, 0.6) is 0 Å². The van der Waals surface area contributed by atoms with Crippen molar-refractivity contribution in [3.05, 3.63) is 51.1 Å². The standard InChI is InChI=1S/C20H23BrN4O4/c1-12-17-15(24-25-19(26)13-9-14(21)11-22-10-13)5-3-6-16(17)29-18(12)20(27)23-7-4-8-28-2/h9-11H,3-8H2,1-2H3,(H,23,27)(H,25,26)/b24-15+. The number of amides is 2.